The Balaban J connectivity index is 2.03. The molecule has 21 heavy (non-hydrogen) atoms. The first kappa shape index (κ1) is 16.4. The minimum Gasteiger partial charge on any atom is -0.382 e. The lowest BCUT2D eigenvalue weighted by Crippen LogP contribution is -2.39. The molecule has 1 amide bonds. The predicted octanol–water partition coefficient (Wildman–Crippen LogP) is 1.13. The number of hydrogen-bond acceptors (Lipinski definition) is 7. The number of nitrogen functional groups attached to an aromatic ring is 1. The molecule has 2 rings (SSSR count). The van der Waals surface area contributed by atoms with Gasteiger partial charge in [0.05, 0.1) is 0 Å². The number of carbonyl (C=O) groups excluding carboxylic acids is 1. The van der Waals surface area contributed by atoms with Gasteiger partial charge in [-0.05, 0) is 26.0 Å². The summed E-state index contributed by atoms with van der Waals surface area (Å²) in [6.45, 7) is 3.73. The van der Waals surface area contributed by atoms with Gasteiger partial charge in [-0.2, -0.15) is 11.8 Å². The summed E-state index contributed by atoms with van der Waals surface area (Å²) in [7, 11) is 0. The highest BCUT2D eigenvalue weighted by atomic mass is 32.2. The highest BCUT2D eigenvalue weighted by Gasteiger charge is 2.23. The molecular weight excluding hydrogens is 306 g/mol. The fourth-order valence-electron chi connectivity index (χ4n) is 2.29. The van der Waals surface area contributed by atoms with Gasteiger partial charge in [0.25, 0.3) is 5.91 Å². The number of nitrogens with zero attached hydrogens (tertiary/aromatic N) is 2. The van der Waals surface area contributed by atoms with Crippen molar-refractivity contribution < 1.29 is 4.79 Å². The van der Waals surface area contributed by atoms with Gasteiger partial charge in [0.2, 0.25) is 0 Å². The summed E-state index contributed by atoms with van der Waals surface area (Å²) >= 11 is 3.07. The Kier molecular flexibility index (Phi) is 5.72. The minimum atomic E-state index is -0.133. The van der Waals surface area contributed by atoms with Crippen molar-refractivity contribution >= 4 is 40.0 Å². The molecule has 1 unspecified atom stereocenters. The van der Waals surface area contributed by atoms with Crippen molar-refractivity contribution in [3.05, 3.63) is 4.88 Å². The molecule has 1 atom stereocenters. The van der Waals surface area contributed by atoms with E-state index in [1.54, 1.807) is 11.8 Å². The first-order chi connectivity index (χ1) is 10.0. The second kappa shape index (κ2) is 7.33. The van der Waals surface area contributed by atoms with Gasteiger partial charge in [0, 0.05) is 30.9 Å². The van der Waals surface area contributed by atoms with Gasteiger partial charge < -0.3 is 21.7 Å². The minimum absolute atomic E-state index is 0.116. The zero-order chi connectivity index (χ0) is 15.4. The van der Waals surface area contributed by atoms with Crippen LogP contribution < -0.4 is 21.7 Å². The number of aromatic nitrogens is 1. The number of thiazole rings is 1. The summed E-state index contributed by atoms with van der Waals surface area (Å²) in [5, 5.41) is 3.77. The van der Waals surface area contributed by atoms with Crippen LogP contribution in [-0.4, -0.2) is 48.1 Å². The molecule has 1 aliphatic rings. The Bertz CT molecular complexity index is 485. The SMILES string of the molecule is CSCC(C)NC(=O)c1sc(N2CCC(N)CC2)nc1N. The number of nitrogens with two attached hydrogens (primary N) is 2. The van der Waals surface area contributed by atoms with Gasteiger partial charge in [0.15, 0.2) is 5.13 Å². The molecule has 5 N–H and O–H groups in total. The molecule has 1 saturated heterocycles. The molecular formula is C13H23N5OS2. The van der Waals surface area contributed by atoms with E-state index in [2.05, 4.69) is 15.2 Å². The van der Waals surface area contributed by atoms with Crippen molar-refractivity contribution in [3.8, 4) is 0 Å². The molecule has 0 radical (unpaired) electrons. The lowest BCUT2D eigenvalue weighted by molar-refractivity contribution is 0.0948. The molecule has 0 spiro atoms. The Labute approximate surface area is 133 Å². The standard InChI is InChI=1S/C13H23N5OS2/c1-8(7-20-2)16-12(19)10-11(15)17-13(21-10)18-5-3-9(14)4-6-18/h8-9H,3-7,14-15H2,1-2H3,(H,16,19). The van der Waals surface area contributed by atoms with Crippen LogP contribution in [-0.2, 0) is 0 Å². The zero-order valence-corrected chi connectivity index (χ0v) is 14.1. The van der Waals surface area contributed by atoms with E-state index in [9.17, 15) is 4.79 Å². The van der Waals surface area contributed by atoms with Gasteiger partial charge in [0.1, 0.15) is 10.7 Å². The molecule has 1 aromatic heterocycles. The van der Waals surface area contributed by atoms with Crippen LogP contribution in [0, 0.1) is 0 Å². The van der Waals surface area contributed by atoms with Crippen molar-refractivity contribution in [3.63, 3.8) is 0 Å². The normalized spacial score (nSPS) is 17.8. The van der Waals surface area contributed by atoms with Crippen LogP contribution in [0.1, 0.15) is 29.4 Å². The maximum atomic E-state index is 12.2. The zero-order valence-electron chi connectivity index (χ0n) is 12.5. The molecule has 1 aliphatic heterocycles. The van der Waals surface area contributed by atoms with E-state index < -0.39 is 0 Å². The van der Waals surface area contributed by atoms with Crippen LogP contribution in [0.2, 0.25) is 0 Å². The van der Waals surface area contributed by atoms with Crippen LogP contribution in [0.15, 0.2) is 0 Å². The molecule has 1 aromatic rings. The fourth-order valence-corrected chi connectivity index (χ4v) is 3.81. The van der Waals surface area contributed by atoms with Crippen LogP contribution >= 0.6 is 23.1 Å². The number of amides is 1. The Morgan fingerprint density at radius 3 is 2.86 bits per heavy atom. The smallest absolute Gasteiger partial charge is 0.265 e. The van der Waals surface area contributed by atoms with Crippen LogP contribution in [0.4, 0.5) is 10.9 Å². The largest absolute Gasteiger partial charge is 0.382 e. The third-order valence-corrected chi connectivity index (χ3v) is 5.42. The second-order valence-electron chi connectivity index (χ2n) is 5.37. The summed E-state index contributed by atoms with van der Waals surface area (Å²) < 4.78 is 0. The van der Waals surface area contributed by atoms with Crippen molar-refractivity contribution in [2.45, 2.75) is 31.8 Å². The molecule has 0 saturated carbocycles. The number of thioether (sulfide) groups is 1. The number of carbonyl (C=O) groups is 1. The predicted molar refractivity (Wildman–Crippen MR) is 91.3 cm³/mol. The van der Waals surface area contributed by atoms with Crippen molar-refractivity contribution in [1.29, 1.82) is 0 Å². The maximum Gasteiger partial charge on any atom is 0.265 e. The summed E-state index contributed by atoms with van der Waals surface area (Å²) in [4.78, 5) is 19.2. The maximum absolute atomic E-state index is 12.2. The molecule has 0 aromatic carbocycles. The topological polar surface area (TPSA) is 97.3 Å². The monoisotopic (exact) mass is 329 g/mol. The van der Waals surface area contributed by atoms with E-state index in [1.807, 2.05) is 13.2 Å². The van der Waals surface area contributed by atoms with Crippen molar-refractivity contribution in [2.24, 2.45) is 5.73 Å². The molecule has 118 valence electrons. The second-order valence-corrected chi connectivity index (χ2v) is 7.25. The molecule has 0 aliphatic carbocycles. The van der Waals surface area contributed by atoms with E-state index in [0.29, 0.717) is 10.7 Å². The van der Waals surface area contributed by atoms with E-state index in [4.69, 9.17) is 11.5 Å². The molecule has 8 heteroatoms. The van der Waals surface area contributed by atoms with Crippen LogP contribution in [0.25, 0.3) is 0 Å². The summed E-state index contributed by atoms with van der Waals surface area (Å²) in [5.41, 5.74) is 11.8. The van der Waals surface area contributed by atoms with Crippen LogP contribution in [0.5, 0.6) is 0 Å². The van der Waals surface area contributed by atoms with Gasteiger partial charge in [-0.15, -0.1) is 0 Å². The molecule has 0 bridgehead atoms. The van der Waals surface area contributed by atoms with Crippen LogP contribution in [0.3, 0.4) is 0 Å². The Morgan fingerprint density at radius 1 is 1.57 bits per heavy atom. The summed E-state index contributed by atoms with van der Waals surface area (Å²) in [5.74, 6) is 1.06. The number of hydrogen-bond donors (Lipinski definition) is 3. The van der Waals surface area contributed by atoms with E-state index in [1.165, 1.54) is 11.3 Å². The number of piperidine rings is 1. The Morgan fingerprint density at radius 2 is 2.24 bits per heavy atom. The van der Waals surface area contributed by atoms with Gasteiger partial charge in [-0.25, -0.2) is 4.98 Å². The van der Waals surface area contributed by atoms with Gasteiger partial charge >= 0.3 is 0 Å². The fraction of sp³-hybridized carbons (Fsp3) is 0.692. The number of rotatable bonds is 5. The van der Waals surface area contributed by atoms with Crippen molar-refractivity contribution in [2.75, 3.05) is 35.7 Å². The van der Waals surface area contributed by atoms with E-state index in [-0.39, 0.29) is 18.0 Å². The molecule has 2 heterocycles. The lowest BCUT2D eigenvalue weighted by Gasteiger charge is -2.29. The third-order valence-electron chi connectivity index (χ3n) is 3.45. The molecule has 1 fully saturated rings. The van der Waals surface area contributed by atoms with E-state index >= 15 is 0 Å². The highest BCUT2D eigenvalue weighted by Crippen LogP contribution is 2.29. The first-order valence-electron chi connectivity index (χ1n) is 7.08. The number of anilines is 2. The average Bonchev–Trinajstić information content (AvgIpc) is 2.82. The lowest BCUT2D eigenvalue weighted by atomic mass is 10.1. The van der Waals surface area contributed by atoms with Gasteiger partial charge in [-0.3, -0.25) is 4.79 Å². The Hall–Kier alpha value is -0.990. The summed E-state index contributed by atoms with van der Waals surface area (Å²) in [6, 6.07) is 0.388. The highest BCUT2D eigenvalue weighted by molar-refractivity contribution is 7.98. The van der Waals surface area contributed by atoms with Gasteiger partial charge in [-0.1, -0.05) is 11.3 Å². The average molecular weight is 329 g/mol. The third kappa shape index (κ3) is 4.24. The quantitative estimate of drug-likeness (QED) is 0.749. The molecule has 6 nitrogen and oxygen atoms in total. The first-order valence-corrected chi connectivity index (χ1v) is 9.29. The van der Waals surface area contributed by atoms with E-state index in [0.717, 1.165) is 36.8 Å². The number of nitrogens with one attached hydrogen (secondary N) is 1. The van der Waals surface area contributed by atoms with Crippen molar-refractivity contribution in [1.82, 2.24) is 10.3 Å². The summed E-state index contributed by atoms with van der Waals surface area (Å²) in [6.07, 6.45) is 3.92.